The number of nitrogens with zero attached hydrogens (tertiary/aromatic N) is 2. The number of aryl methyl sites for hydroxylation is 2. The lowest BCUT2D eigenvalue weighted by molar-refractivity contribution is 0.101. The Bertz CT molecular complexity index is 359. The first-order chi connectivity index (χ1) is 8.04. The molecule has 1 unspecified atom stereocenters. The normalized spacial score (nSPS) is 13.4. The van der Waals surface area contributed by atoms with Crippen molar-refractivity contribution in [2.75, 3.05) is 0 Å². The van der Waals surface area contributed by atoms with Crippen LogP contribution in [0.25, 0.3) is 0 Å². The maximum Gasteiger partial charge on any atom is 0.0850 e. The second-order valence-corrected chi connectivity index (χ2v) is 4.91. The molecular weight excluding hydrogens is 236 g/mol. The molecule has 1 rings (SSSR count). The largest absolute Gasteiger partial charge is 0.392 e. The van der Waals surface area contributed by atoms with Crippen molar-refractivity contribution >= 4 is 11.6 Å². The van der Waals surface area contributed by atoms with Crippen molar-refractivity contribution in [2.45, 2.75) is 52.6 Å². The van der Waals surface area contributed by atoms with Crippen molar-refractivity contribution in [3.63, 3.8) is 0 Å². The van der Waals surface area contributed by atoms with Gasteiger partial charge in [0.15, 0.2) is 0 Å². The summed E-state index contributed by atoms with van der Waals surface area (Å²) in [5, 5.41) is 15.3. The Morgan fingerprint density at radius 3 is 2.29 bits per heavy atom. The molecule has 1 atom stereocenters. The predicted octanol–water partition coefficient (Wildman–Crippen LogP) is 2.98. The maximum absolute atomic E-state index is 10.2. The standard InChI is InChI=1S/C13H23ClN2O/c1-5-9(6-2)12(17)8-11-13(14)10(7-3)15-16(11)4/h9,12,17H,5-8H2,1-4H3. The van der Waals surface area contributed by atoms with E-state index in [-0.39, 0.29) is 6.10 Å². The van der Waals surface area contributed by atoms with E-state index in [4.69, 9.17) is 11.6 Å². The zero-order chi connectivity index (χ0) is 13.0. The lowest BCUT2D eigenvalue weighted by atomic mass is 9.93. The highest BCUT2D eigenvalue weighted by atomic mass is 35.5. The van der Waals surface area contributed by atoms with E-state index in [0.29, 0.717) is 12.3 Å². The molecule has 0 saturated carbocycles. The van der Waals surface area contributed by atoms with Crippen molar-refractivity contribution < 1.29 is 5.11 Å². The van der Waals surface area contributed by atoms with Crippen LogP contribution in [0.5, 0.6) is 0 Å². The first-order valence-corrected chi connectivity index (χ1v) is 6.81. The Hall–Kier alpha value is -0.540. The summed E-state index contributed by atoms with van der Waals surface area (Å²) in [5.74, 6) is 0.339. The van der Waals surface area contributed by atoms with Gasteiger partial charge in [-0.25, -0.2) is 0 Å². The third-order valence-electron chi connectivity index (χ3n) is 3.50. The van der Waals surface area contributed by atoms with E-state index in [2.05, 4.69) is 18.9 Å². The van der Waals surface area contributed by atoms with Crippen LogP contribution < -0.4 is 0 Å². The second-order valence-electron chi connectivity index (χ2n) is 4.53. The molecule has 0 spiro atoms. The van der Waals surface area contributed by atoms with Crippen LogP contribution in [0.3, 0.4) is 0 Å². The summed E-state index contributed by atoms with van der Waals surface area (Å²) in [6.45, 7) is 6.26. The summed E-state index contributed by atoms with van der Waals surface area (Å²) in [6.07, 6.45) is 3.08. The van der Waals surface area contributed by atoms with Gasteiger partial charge in [0, 0.05) is 13.5 Å². The predicted molar refractivity (Wildman–Crippen MR) is 71.4 cm³/mol. The molecule has 1 N–H and O–H groups in total. The Morgan fingerprint density at radius 2 is 1.88 bits per heavy atom. The average Bonchev–Trinajstić information content (AvgIpc) is 2.58. The number of aliphatic hydroxyl groups is 1. The number of hydrogen-bond acceptors (Lipinski definition) is 2. The van der Waals surface area contributed by atoms with Crippen molar-refractivity contribution in [2.24, 2.45) is 13.0 Å². The lowest BCUT2D eigenvalue weighted by Gasteiger charge is -2.20. The number of aromatic nitrogens is 2. The van der Waals surface area contributed by atoms with Gasteiger partial charge in [-0.15, -0.1) is 0 Å². The summed E-state index contributed by atoms with van der Waals surface area (Å²) >= 11 is 6.27. The van der Waals surface area contributed by atoms with Crippen LogP contribution in [0, 0.1) is 5.92 Å². The van der Waals surface area contributed by atoms with E-state index in [0.717, 1.165) is 35.7 Å². The molecule has 1 aromatic heterocycles. The van der Waals surface area contributed by atoms with Gasteiger partial charge in [0.05, 0.1) is 22.5 Å². The highest BCUT2D eigenvalue weighted by Crippen LogP contribution is 2.25. The summed E-state index contributed by atoms with van der Waals surface area (Å²) in [4.78, 5) is 0. The van der Waals surface area contributed by atoms with E-state index in [1.54, 1.807) is 4.68 Å². The number of hydrogen-bond donors (Lipinski definition) is 1. The molecule has 0 amide bonds. The average molecular weight is 259 g/mol. The van der Waals surface area contributed by atoms with E-state index >= 15 is 0 Å². The molecule has 0 aliphatic heterocycles. The van der Waals surface area contributed by atoms with Crippen molar-refractivity contribution in [1.29, 1.82) is 0 Å². The molecule has 0 bridgehead atoms. The Balaban J connectivity index is 2.84. The van der Waals surface area contributed by atoms with Crippen LogP contribution in [0.1, 0.15) is 45.0 Å². The lowest BCUT2D eigenvalue weighted by Crippen LogP contribution is -2.23. The van der Waals surface area contributed by atoms with Crippen molar-refractivity contribution in [3.8, 4) is 0 Å². The zero-order valence-electron chi connectivity index (χ0n) is 11.2. The fourth-order valence-corrected chi connectivity index (χ4v) is 2.61. The minimum Gasteiger partial charge on any atom is -0.392 e. The van der Waals surface area contributed by atoms with Gasteiger partial charge in [0.2, 0.25) is 0 Å². The highest BCUT2D eigenvalue weighted by Gasteiger charge is 2.21. The summed E-state index contributed by atoms with van der Waals surface area (Å²) < 4.78 is 1.80. The number of rotatable bonds is 6. The van der Waals surface area contributed by atoms with Crippen LogP contribution in [0.15, 0.2) is 0 Å². The van der Waals surface area contributed by atoms with E-state index in [1.807, 2.05) is 14.0 Å². The van der Waals surface area contributed by atoms with Crippen molar-refractivity contribution in [1.82, 2.24) is 9.78 Å². The second kappa shape index (κ2) is 6.41. The third kappa shape index (κ3) is 3.23. The van der Waals surface area contributed by atoms with E-state index in [9.17, 15) is 5.11 Å². The number of halogens is 1. The van der Waals surface area contributed by atoms with Gasteiger partial charge in [0.25, 0.3) is 0 Å². The maximum atomic E-state index is 10.2. The topological polar surface area (TPSA) is 38.0 Å². The molecule has 4 heteroatoms. The monoisotopic (exact) mass is 258 g/mol. The quantitative estimate of drug-likeness (QED) is 0.852. The number of aliphatic hydroxyl groups excluding tert-OH is 1. The van der Waals surface area contributed by atoms with Crippen molar-refractivity contribution in [3.05, 3.63) is 16.4 Å². The summed E-state index contributed by atoms with van der Waals surface area (Å²) in [7, 11) is 1.89. The Labute approximate surface area is 109 Å². The zero-order valence-corrected chi connectivity index (χ0v) is 12.0. The van der Waals surface area contributed by atoms with Gasteiger partial charge in [-0.3, -0.25) is 4.68 Å². The van der Waals surface area contributed by atoms with Crippen LogP contribution in [0.2, 0.25) is 5.02 Å². The molecule has 0 fully saturated rings. The van der Waals surface area contributed by atoms with Crippen LogP contribution in [-0.4, -0.2) is 21.0 Å². The fourth-order valence-electron chi connectivity index (χ4n) is 2.24. The SMILES string of the molecule is CCc1nn(C)c(CC(O)C(CC)CC)c1Cl. The van der Waals surface area contributed by atoms with Crippen LogP contribution >= 0.6 is 11.6 Å². The summed E-state index contributed by atoms with van der Waals surface area (Å²) in [6, 6.07) is 0. The van der Waals surface area contributed by atoms with Gasteiger partial charge >= 0.3 is 0 Å². The highest BCUT2D eigenvalue weighted by molar-refractivity contribution is 6.31. The molecule has 0 radical (unpaired) electrons. The Morgan fingerprint density at radius 1 is 1.29 bits per heavy atom. The molecule has 0 aliphatic rings. The van der Waals surface area contributed by atoms with E-state index < -0.39 is 0 Å². The van der Waals surface area contributed by atoms with Gasteiger partial charge in [-0.1, -0.05) is 45.2 Å². The molecule has 0 saturated heterocycles. The van der Waals surface area contributed by atoms with Gasteiger partial charge in [0.1, 0.15) is 0 Å². The van der Waals surface area contributed by atoms with E-state index in [1.165, 1.54) is 0 Å². The minimum atomic E-state index is -0.331. The first kappa shape index (κ1) is 14.5. The molecular formula is C13H23ClN2O. The van der Waals surface area contributed by atoms with Gasteiger partial charge < -0.3 is 5.11 Å². The molecule has 1 aromatic rings. The van der Waals surface area contributed by atoms with Gasteiger partial charge in [-0.2, -0.15) is 5.10 Å². The molecule has 0 aliphatic carbocycles. The van der Waals surface area contributed by atoms with Gasteiger partial charge in [-0.05, 0) is 12.3 Å². The minimum absolute atomic E-state index is 0.331. The molecule has 3 nitrogen and oxygen atoms in total. The molecule has 17 heavy (non-hydrogen) atoms. The molecule has 1 heterocycles. The van der Waals surface area contributed by atoms with Crippen LogP contribution in [0.4, 0.5) is 0 Å². The molecule has 98 valence electrons. The fraction of sp³-hybridized carbons (Fsp3) is 0.769. The molecule has 0 aromatic carbocycles. The third-order valence-corrected chi connectivity index (χ3v) is 3.93. The smallest absolute Gasteiger partial charge is 0.0850 e. The van der Waals surface area contributed by atoms with Crippen LogP contribution in [-0.2, 0) is 19.9 Å². The summed E-state index contributed by atoms with van der Waals surface area (Å²) in [5.41, 5.74) is 1.86. The first-order valence-electron chi connectivity index (χ1n) is 6.43. The Kier molecular flexibility index (Phi) is 5.47.